The SMILES string of the molecule is Cc1cc(N2C(=S)N[C@H](c3ccccn3)[C@H]2c2ccc(Sc3ccccc3)o2)ccc1Br. The van der Waals surface area contributed by atoms with Crippen LogP contribution < -0.4 is 10.2 Å². The van der Waals surface area contributed by atoms with Gasteiger partial charge in [-0.15, -0.1) is 0 Å². The minimum atomic E-state index is -0.164. The quantitative estimate of drug-likeness (QED) is 0.283. The van der Waals surface area contributed by atoms with Crippen LogP contribution in [0.5, 0.6) is 0 Å². The van der Waals surface area contributed by atoms with Crippen molar-refractivity contribution in [2.45, 2.75) is 29.0 Å². The number of halogens is 1. The standard InChI is InChI=1S/C25H20BrN3OS2/c1-16-15-17(10-11-19(16)26)29-24(23(28-25(29)31)20-9-5-6-14-27-20)21-12-13-22(30-21)32-18-7-3-2-4-8-18/h2-15,23-24H,1H3,(H,28,31)/t23-,24-/m1/s1. The molecule has 4 aromatic rings. The van der Waals surface area contributed by atoms with E-state index in [9.17, 15) is 0 Å². The Morgan fingerprint density at radius 3 is 2.59 bits per heavy atom. The number of benzene rings is 2. The molecular formula is C25H20BrN3OS2. The molecule has 0 bridgehead atoms. The van der Waals surface area contributed by atoms with Gasteiger partial charge in [-0.3, -0.25) is 4.98 Å². The molecule has 2 atom stereocenters. The fourth-order valence-electron chi connectivity index (χ4n) is 3.85. The van der Waals surface area contributed by atoms with Gasteiger partial charge in [-0.1, -0.05) is 52.0 Å². The highest BCUT2D eigenvalue weighted by Crippen LogP contribution is 2.43. The van der Waals surface area contributed by atoms with E-state index in [1.165, 1.54) is 0 Å². The van der Waals surface area contributed by atoms with Gasteiger partial charge in [-0.2, -0.15) is 0 Å². The fourth-order valence-corrected chi connectivity index (χ4v) is 5.25. The molecule has 1 aliphatic rings. The van der Waals surface area contributed by atoms with E-state index in [4.69, 9.17) is 16.6 Å². The summed E-state index contributed by atoms with van der Waals surface area (Å²) in [6.45, 7) is 2.08. The normalized spacial score (nSPS) is 18.1. The predicted octanol–water partition coefficient (Wildman–Crippen LogP) is 7.07. The minimum absolute atomic E-state index is 0.131. The lowest BCUT2D eigenvalue weighted by molar-refractivity contribution is 0.383. The molecule has 2 aromatic heterocycles. The summed E-state index contributed by atoms with van der Waals surface area (Å²) >= 11 is 11.0. The Bertz CT molecular complexity index is 1250. The fraction of sp³-hybridized carbons (Fsp3) is 0.120. The summed E-state index contributed by atoms with van der Waals surface area (Å²) < 4.78 is 7.43. The number of pyridine rings is 1. The highest BCUT2D eigenvalue weighted by atomic mass is 79.9. The topological polar surface area (TPSA) is 41.3 Å². The second kappa shape index (κ2) is 9.10. The molecule has 4 nitrogen and oxygen atoms in total. The summed E-state index contributed by atoms with van der Waals surface area (Å²) in [7, 11) is 0. The van der Waals surface area contributed by atoms with Crippen LogP contribution in [0, 0.1) is 6.92 Å². The van der Waals surface area contributed by atoms with Crippen LogP contribution in [0.15, 0.2) is 104 Å². The van der Waals surface area contributed by atoms with Crippen LogP contribution in [-0.2, 0) is 0 Å². The van der Waals surface area contributed by atoms with Gasteiger partial charge in [0.2, 0.25) is 0 Å². The second-order valence-corrected chi connectivity index (χ2v) is 9.82. The number of rotatable bonds is 5. The Labute approximate surface area is 205 Å². The first-order chi connectivity index (χ1) is 15.6. The molecule has 0 amide bonds. The van der Waals surface area contributed by atoms with Crippen molar-refractivity contribution < 1.29 is 4.42 Å². The smallest absolute Gasteiger partial charge is 0.174 e. The van der Waals surface area contributed by atoms with E-state index in [1.807, 2.05) is 54.7 Å². The molecule has 1 aliphatic heterocycles. The number of nitrogens with one attached hydrogen (secondary N) is 1. The van der Waals surface area contributed by atoms with Crippen LogP contribution in [0.25, 0.3) is 0 Å². The van der Waals surface area contributed by atoms with Crippen molar-refractivity contribution in [1.82, 2.24) is 10.3 Å². The molecule has 160 valence electrons. The summed E-state index contributed by atoms with van der Waals surface area (Å²) in [5.74, 6) is 0.840. The van der Waals surface area contributed by atoms with E-state index in [1.54, 1.807) is 11.8 Å². The maximum atomic E-state index is 6.36. The van der Waals surface area contributed by atoms with Gasteiger partial charge >= 0.3 is 0 Å². The van der Waals surface area contributed by atoms with E-state index in [-0.39, 0.29) is 12.1 Å². The Kier molecular flexibility index (Phi) is 6.04. The lowest BCUT2D eigenvalue weighted by Gasteiger charge is -2.26. The van der Waals surface area contributed by atoms with Gasteiger partial charge in [0.15, 0.2) is 10.2 Å². The number of furan rings is 1. The van der Waals surface area contributed by atoms with Crippen molar-refractivity contribution in [3.8, 4) is 0 Å². The molecule has 1 fully saturated rings. The molecule has 0 unspecified atom stereocenters. The summed E-state index contributed by atoms with van der Waals surface area (Å²) in [5.41, 5.74) is 3.08. The lowest BCUT2D eigenvalue weighted by atomic mass is 10.0. The number of anilines is 1. The van der Waals surface area contributed by atoms with Gasteiger partial charge < -0.3 is 14.6 Å². The molecule has 7 heteroatoms. The van der Waals surface area contributed by atoms with E-state index in [0.717, 1.165) is 37.2 Å². The van der Waals surface area contributed by atoms with Crippen molar-refractivity contribution in [2.24, 2.45) is 0 Å². The van der Waals surface area contributed by atoms with Crippen molar-refractivity contribution in [1.29, 1.82) is 0 Å². The van der Waals surface area contributed by atoms with E-state index >= 15 is 0 Å². The summed E-state index contributed by atoms with van der Waals surface area (Å²) in [6.07, 6.45) is 1.81. The van der Waals surface area contributed by atoms with Gasteiger partial charge in [0.25, 0.3) is 0 Å². The van der Waals surface area contributed by atoms with Crippen LogP contribution in [0.2, 0.25) is 0 Å². The zero-order valence-corrected chi connectivity index (χ0v) is 20.5. The Hall–Kier alpha value is -2.61. The summed E-state index contributed by atoms with van der Waals surface area (Å²) in [6, 6.07) is 26.2. The number of aromatic nitrogens is 1. The molecule has 1 saturated heterocycles. The Morgan fingerprint density at radius 1 is 1.03 bits per heavy atom. The number of thiocarbonyl (C=S) groups is 1. The summed E-state index contributed by atoms with van der Waals surface area (Å²) in [5, 5.41) is 4.97. The molecule has 2 aromatic carbocycles. The van der Waals surface area contributed by atoms with Gasteiger partial charge in [0, 0.05) is 21.3 Å². The zero-order chi connectivity index (χ0) is 22.1. The third-order valence-electron chi connectivity index (χ3n) is 5.37. The second-order valence-electron chi connectivity index (χ2n) is 7.50. The van der Waals surface area contributed by atoms with Gasteiger partial charge in [-0.05, 0) is 79.3 Å². The summed E-state index contributed by atoms with van der Waals surface area (Å²) in [4.78, 5) is 7.87. The average molecular weight is 522 g/mol. The monoisotopic (exact) mass is 521 g/mol. The van der Waals surface area contributed by atoms with Crippen LogP contribution >= 0.6 is 39.9 Å². The van der Waals surface area contributed by atoms with Gasteiger partial charge in [-0.25, -0.2) is 0 Å². The number of hydrogen-bond donors (Lipinski definition) is 1. The highest BCUT2D eigenvalue weighted by molar-refractivity contribution is 9.10. The largest absolute Gasteiger partial charge is 0.452 e. The molecule has 1 N–H and O–H groups in total. The predicted molar refractivity (Wildman–Crippen MR) is 136 cm³/mol. The molecule has 0 spiro atoms. The molecular weight excluding hydrogens is 502 g/mol. The maximum Gasteiger partial charge on any atom is 0.174 e. The number of nitrogens with zero attached hydrogens (tertiary/aromatic N) is 2. The van der Waals surface area contributed by atoms with Crippen LogP contribution in [0.1, 0.15) is 29.1 Å². The Morgan fingerprint density at radius 2 is 1.84 bits per heavy atom. The van der Waals surface area contributed by atoms with Crippen LogP contribution in [0.4, 0.5) is 5.69 Å². The molecule has 0 radical (unpaired) electrons. The molecule has 3 heterocycles. The third kappa shape index (κ3) is 4.20. The maximum absolute atomic E-state index is 6.36. The van der Waals surface area contributed by atoms with E-state index in [2.05, 4.69) is 68.4 Å². The third-order valence-corrected chi connectivity index (χ3v) is 7.51. The highest BCUT2D eigenvalue weighted by Gasteiger charge is 2.42. The first-order valence-electron chi connectivity index (χ1n) is 10.2. The molecule has 5 rings (SSSR count). The lowest BCUT2D eigenvalue weighted by Crippen LogP contribution is -2.29. The van der Waals surface area contributed by atoms with Crippen molar-refractivity contribution in [2.75, 3.05) is 4.90 Å². The van der Waals surface area contributed by atoms with Crippen molar-refractivity contribution in [3.63, 3.8) is 0 Å². The number of aryl methyl sites for hydroxylation is 1. The van der Waals surface area contributed by atoms with Crippen LogP contribution in [0.3, 0.4) is 0 Å². The Balaban J connectivity index is 1.55. The zero-order valence-electron chi connectivity index (χ0n) is 17.2. The van der Waals surface area contributed by atoms with Gasteiger partial charge in [0.1, 0.15) is 11.8 Å². The molecule has 0 saturated carbocycles. The first kappa shape index (κ1) is 21.2. The number of hydrogen-bond acceptors (Lipinski definition) is 4. The average Bonchev–Trinajstić information content (AvgIpc) is 3.41. The molecule has 0 aliphatic carbocycles. The van der Waals surface area contributed by atoms with Crippen molar-refractivity contribution in [3.05, 3.63) is 107 Å². The van der Waals surface area contributed by atoms with E-state index < -0.39 is 0 Å². The minimum Gasteiger partial charge on any atom is -0.452 e. The first-order valence-corrected chi connectivity index (χ1v) is 12.2. The van der Waals surface area contributed by atoms with Gasteiger partial charge in [0.05, 0.1) is 11.7 Å². The van der Waals surface area contributed by atoms with Crippen LogP contribution in [-0.4, -0.2) is 10.1 Å². The molecule has 32 heavy (non-hydrogen) atoms. The van der Waals surface area contributed by atoms with Crippen molar-refractivity contribution >= 4 is 50.7 Å². The van der Waals surface area contributed by atoms with E-state index in [0.29, 0.717) is 5.11 Å².